The molecule has 1 saturated carbocycles. The number of carbonyl (C=O) groups excluding carboxylic acids is 1. The molecule has 0 N–H and O–H groups in total. The number of likely N-dealkylation sites (tertiary alicyclic amines) is 1. The third-order valence-electron chi connectivity index (χ3n) is 9.71. The van der Waals surface area contributed by atoms with Crippen molar-refractivity contribution in [3.05, 3.63) is 77.0 Å². The van der Waals surface area contributed by atoms with Crippen LogP contribution in [0.25, 0.3) is 11.1 Å². The van der Waals surface area contributed by atoms with Crippen molar-refractivity contribution in [2.24, 2.45) is 11.8 Å². The normalized spacial score (nSPS) is 23.3. The van der Waals surface area contributed by atoms with E-state index in [4.69, 9.17) is 9.47 Å². The minimum Gasteiger partial charge on any atom is -0.550 e. The number of aliphatic carboxylic acids is 1. The summed E-state index contributed by atoms with van der Waals surface area (Å²) in [5.41, 5.74) is 7.02. The Labute approximate surface area is 272 Å². The van der Waals surface area contributed by atoms with Gasteiger partial charge in [-0.15, -0.1) is 0 Å². The number of aromatic nitrogens is 1. The van der Waals surface area contributed by atoms with Crippen LogP contribution >= 0.6 is 0 Å². The van der Waals surface area contributed by atoms with E-state index >= 15 is 0 Å². The maximum atomic E-state index is 11.8. The number of carboxylic acid groups (broad SMARTS) is 1. The van der Waals surface area contributed by atoms with Gasteiger partial charge in [-0.1, -0.05) is 37.3 Å². The van der Waals surface area contributed by atoms with Crippen molar-refractivity contribution in [3.8, 4) is 22.8 Å². The fourth-order valence-electron chi connectivity index (χ4n) is 7.07. The molecule has 1 aliphatic carbocycles. The van der Waals surface area contributed by atoms with Crippen LogP contribution in [0.15, 0.2) is 54.7 Å². The van der Waals surface area contributed by atoms with Gasteiger partial charge in [-0.25, -0.2) is 4.98 Å². The zero-order valence-corrected chi connectivity index (χ0v) is 27.6. The topological polar surface area (TPSA) is 74.7 Å². The Morgan fingerprint density at radius 2 is 1.81 bits per heavy atom. The van der Waals surface area contributed by atoms with E-state index in [0.29, 0.717) is 23.9 Å². The molecule has 3 aromatic rings. The minimum absolute atomic E-state index is 0. The smallest absolute Gasteiger partial charge is 0.550 e. The molecule has 0 amide bonds. The fourth-order valence-corrected chi connectivity index (χ4v) is 7.07. The largest absolute Gasteiger partial charge is 1.00 e. The average molecular weight is 577 g/mol. The van der Waals surface area contributed by atoms with Gasteiger partial charge in [0.15, 0.2) is 0 Å². The van der Waals surface area contributed by atoms with Crippen LogP contribution in [0.5, 0.6) is 11.6 Å². The quantitative estimate of drug-likeness (QED) is 0.365. The predicted molar refractivity (Wildman–Crippen MR) is 158 cm³/mol. The molecule has 0 spiro atoms. The maximum absolute atomic E-state index is 11.8. The SMILES string of the molecule is COc1cc(-c2ccc(C3CCc4ccc([C@H](C5CC5)[C@H](C)C(=O)[O-])cc4O3)cc2CN2[C@H](C)CC[C@H]2C)ccn1.[Na+]. The molecule has 7 heteroatoms. The second-order valence-corrected chi connectivity index (χ2v) is 12.4. The van der Waals surface area contributed by atoms with Gasteiger partial charge in [0.25, 0.3) is 0 Å². The first-order chi connectivity index (χ1) is 19.8. The number of rotatable bonds is 9. The van der Waals surface area contributed by atoms with Crippen molar-refractivity contribution in [3.63, 3.8) is 0 Å². The summed E-state index contributed by atoms with van der Waals surface area (Å²) >= 11 is 0. The molecule has 1 saturated heterocycles. The van der Waals surface area contributed by atoms with E-state index in [2.05, 4.69) is 66.2 Å². The van der Waals surface area contributed by atoms with E-state index < -0.39 is 11.9 Å². The van der Waals surface area contributed by atoms with Gasteiger partial charge in [-0.3, -0.25) is 4.90 Å². The molecular weight excluding hydrogens is 535 g/mol. The van der Waals surface area contributed by atoms with Gasteiger partial charge in [0.05, 0.1) is 7.11 Å². The van der Waals surface area contributed by atoms with Crippen molar-refractivity contribution in [1.29, 1.82) is 0 Å². The van der Waals surface area contributed by atoms with E-state index in [0.717, 1.165) is 49.1 Å². The first-order valence-corrected chi connectivity index (χ1v) is 15.2. The zero-order chi connectivity index (χ0) is 28.7. The number of aryl methyl sites for hydroxylation is 1. The molecule has 1 unspecified atom stereocenters. The van der Waals surface area contributed by atoms with Crippen LogP contribution < -0.4 is 44.1 Å². The van der Waals surface area contributed by atoms with Crippen LogP contribution in [0, 0.1) is 11.8 Å². The summed E-state index contributed by atoms with van der Waals surface area (Å²) in [7, 11) is 1.65. The molecule has 3 heterocycles. The average Bonchev–Trinajstić information content (AvgIpc) is 3.78. The number of ether oxygens (including phenoxy) is 2. The predicted octanol–water partition coefficient (Wildman–Crippen LogP) is 3.08. The van der Waals surface area contributed by atoms with Gasteiger partial charge >= 0.3 is 29.6 Å². The molecule has 0 radical (unpaired) electrons. The van der Waals surface area contributed by atoms with Crippen LogP contribution in [0.1, 0.15) is 87.2 Å². The zero-order valence-electron chi connectivity index (χ0n) is 25.6. The summed E-state index contributed by atoms with van der Waals surface area (Å²) in [6.45, 7) is 7.33. The number of hydrogen-bond donors (Lipinski definition) is 0. The van der Waals surface area contributed by atoms with Gasteiger partial charge in [-0.05, 0) is 110 Å². The first-order valence-electron chi connectivity index (χ1n) is 15.2. The second kappa shape index (κ2) is 13.1. The van der Waals surface area contributed by atoms with Gasteiger partial charge in [-0.2, -0.15) is 0 Å². The molecule has 2 aromatic carbocycles. The van der Waals surface area contributed by atoms with E-state index in [1.165, 1.54) is 35.1 Å². The number of carboxylic acids is 1. The van der Waals surface area contributed by atoms with Gasteiger partial charge in [0, 0.05) is 42.8 Å². The number of carbonyl (C=O) groups is 1. The molecule has 6 nitrogen and oxygen atoms in total. The van der Waals surface area contributed by atoms with Crippen molar-refractivity contribution < 1.29 is 48.9 Å². The number of hydrogen-bond acceptors (Lipinski definition) is 6. The van der Waals surface area contributed by atoms with Crippen molar-refractivity contribution in [2.75, 3.05) is 7.11 Å². The van der Waals surface area contributed by atoms with E-state index in [-0.39, 0.29) is 41.6 Å². The molecule has 2 fully saturated rings. The van der Waals surface area contributed by atoms with E-state index in [1.54, 1.807) is 14.0 Å². The third-order valence-corrected chi connectivity index (χ3v) is 9.71. The number of benzene rings is 2. The summed E-state index contributed by atoms with van der Waals surface area (Å²) in [4.78, 5) is 18.7. The molecule has 42 heavy (non-hydrogen) atoms. The van der Waals surface area contributed by atoms with Gasteiger partial charge in [0.1, 0.15) is 11.9 Å². The molecular formula is C35H41N2NaO4. The van der Waals surface area contributed by atoms with Crippen LogP contribution in [0.4, 0.5) is 0 Å². The third kappa shape index (κ3) is 6.42. The van der Waals surface area contributed by atoms with E-state index in [1.807, 2.05) is 12.3 Å². The second-order valence-electron chi connectivity index (χ2n) is 12.4. The maximum Gasteiger partial charge on any atom is 1.00 e. The van der Waals surface area contributed by atoms with E-state index in [9.17, 15) is 9.90 Å². The fraction of sp³-hybridized carbons (Fsp3) is 0.486. The van der Waals surface area contributed by atoms with Crippen LogP contribution in [0.3, 0.4) is 0 Å². The Morgan fingerprint density at radius 1 is 1.05 bits per heavy atom. The minimum atomic E-state index is -0.973. The van der Waals surface area contributed by atoms with Gasteiger partial charge in [0.2, 0.25) is 5.88 Å². The summed E-state index contributed by atoms with van der Waals surface area (Å²) in [5.74, 6) is 0.401. The Balaban J connectivity index is 0.00000353. The summed E-state index contributed by atoms with van der Waals surface area (Å²) in [6, 6.07) is 18.3. The molecule has 0 bridgehead atoms. The summed E-state index contributed by atoms with van der Waals surface area (Å²) in [5, 5.41) is 11.8. The Kier molecular flexibility index (Phi) is 9.68. The summed E-state index contributed by atoms with van der Waals surface area (Å²) < 4.78 is 12.1. The number of fused-ring (bicyclic) bond motifs is 1. The Hall–Kier alpha value is -2.38. The standard InChI is InChI=1S/C35H42N2O4.Na/c1-21-5-6-22(2)37(21)20-29-17-27(11-13-30(29)26-15-16-36-33(19-26)40-4)31-14-12-24-7-10-28(18-32(24)41-31)34(25-8-9-25)23(3)35(38)39;/h7,10-11,13,15-19,21-23,25,31,34H,5-6,8-9,12,14,20H2,1-4H3,(H,38,39);/q;+1/p-1/t21-,22-,23+,31?,34+;/m1./s1. The van der Waals surface area contributed by atoms with Crippen LogP contribution in [0.2, 0.25) is 0 Å². The van der Waals surface area contributed by atoms with Crippen molar-refractivity contribution >= 4 is 5.97 Å². The van der Waals surface area contributed by atoms with Crippen LogP contribution in [-0.2, 0) is 17.8 Å². The van der Waals surface area contributed by atoms with Crippen molar-refractivity contribution in [2.45, 2.75) is 89.9 Å². The van der Waals surface area contributed by atoms with Gasteiger partial charge < -0.3 is 19.4 Å². The molecule has 3 aliphatic rings. The Bertz CT molecular complexity index is 1410. The Morgan fingerprint density at radius 3 is 2.50 bits per heavy atom. The molecule has 5 atom stereocenters. The number of methoxy groups -OCH3 is 1. The van der Waals surface area contributed by atoms with Crippen molar-refractivity contribution in [1.82, 2.24) is 9.88 Å². The number of nitrogens with zero attached hydrogens (tertiary/aromatic N) is 2. The number of pyridine rings is 1. The first kappa shape index (κ1) is 31.1. The van der Waals surface area contributed by atoms with Crippen LogP contribution in [-0.4, -0.2) is 35.0 Å². The monoisotopic (exact) mass is 576 g/mol. The molecule has 1 aromatic heterocycles. The summed E-state index contributed by atoms with van der Waals surface area (Å²) in [6.07, 6.45) is 8.21. The molecule has 216 valence electrons. The molecule has 2 aliphatic heterocycles. The molecule has 6 rings (SSSR count).